The van der Waals surface area contributed by atoms with Gasteiger partial charge in [-0.1, -0.05) is 60.5 Å². The fourth-order valence-electron chi connectivity index (χ4n) is 17.2. The molecule has 4 aromatic heterocycles. The average Bonchev–Trinajstić information content (AvgIpc) is 1.71. The molecular formula is C84H126N12O25S2. The van der Waals surface area contributed by atoms with Crippen LogP contribution < -0.4 is 17.4 Å². The number of hydrogen-bond donors (Lipinski definition) is 5. The highest BCUT2D eigenvalue weighted by Crippen LogP contribution is 2.44. The van der Waals surface area contributed by atoms with Crippen LogP contribution in [-0.2, 0) is 123 Å². The maximum Gasteiger partial charge on any atom is 0.316 e. The molecule has 4 bridgehead atoms. The van der Waals surface area contributed by atoms with Crippen LogP contribution in [0.25, 0.3) is 21.1 Å². The number of cyclic esters (lactones) is 2. The molecule has 0 aliphatic carbocycles. The monoisotopic (exact) mass is 1770 g/mol. The lowest BCUT2D eigenvalue weighted by molar-refractivity contribution is -0.299. The van der Waals surface area contributed by atoms with Crippen LogP contribution in [-0.4, -0.2) is 270 Å². The van der Waals surface area contributed by atoms with E-state index in [0.717, 1.165) is 33.4 Å². The van der Waals surface area contributed by atoms with Gasteiger partial charge in [-0.25, -0.2) is 5.90 Å². The second-order valence-electron chi connectivity index (χ2n) is 34.4. The summed E-state index contributed by atoms with van der Waals surface area (Å²) in [6, 6.07) is 6.64. The fourth-order valence-corrected chi connectivity index (χ4v) is 18.4. The van der Waals surface area contributed by atoms with Crippen LogP contribution in [0.1, 0.15) is 175 Å². The number of Topliss-reactive ketones (excluding diaryl/α,β-unsaturated/α-hetero) is 5. The SMILES string of the molecule is CC[C@H]1OC(=O)[C@H](C)C(=O)[C@H](C)[C@@H](O[C@@H]2O[C@H](C)C[C@H](N(C)C)[C@H]2OC(C)=O)[C@@]2(C)C[C@@H](C)C(=O)[C@H](C)[C@@H](OCC(=NOCc3ccc(-c4nc(N)ns4)cn3)CO2)[C@]1(C)O.CC[C@H]1OC(=O)[C@H](C)C(=O)[C@H](C)[C@@H](O[C@@H]2O[C@H](C)C[C@H](N(C)C)[C@H]2OC(C)=O)[C@@]2(C)C[C@@H](C)C(=O)[C@H](C)[C@@H](OCC(=O)CO2)[C@]1(C)O.NOCc1ccc(-c2nc(N)ns2)cn1. The Kier molecular flexibility index (Phi) is 35.6. The quantitative estimate of drug-likeness (QED) is 0.0321. The molecule has 26 atom stereocenters. The Morgan fingerprint density at radius 1 is 0.561 bits per heavy atom. The normalized spacial score (nSPS) is 35.8. The molecule has 8 N–H and O–H groups in total. The Bertz CT molecular complexity index is 4290. The number of fused-ring (bicyclic) bond motifs is 10. The summed E-state index contributed by atoms with van der Waals surface area (Å²) in [5, 5.41) is 29.8. The van der Waals surface area contributed by atoms with Gasteiger partial charge in [0.2, 0.25) is 11.9 Å². The molecule has 6 saturated heterocycles. The van der Waals surface area contributed by atoms with Crippen LogP contribution >= 0.6 is 23.1 Å². The molecule has 0 aromatic carbocycles. The minimum Gasteiger partial charge on any atom is -0.459 e. The molecule has 684 valence electrons. The molecule has 10 rings (SSSR count). The summed E-state index contributed by atoms with van der Waals surface area (Å²) in [5.41, 5.74) is 7.53. The second-order valence-corrected chi connectivity index (χ2v) is 35.9. The van der Waals surface area contributed by atoms with Crippen LogP contribution in [0.15, 0.2) is 41.8 Å². The van der Waals surface area contributed by atoms with E-state index in [4.69, 9.17) is 79.0 Å². The van der Waals surface area contributed by atoms with E-state index in [1.54, 1.807) is 87.7 Å². The van der Waals surface area contributed by atoms with E-state index in [2.05, 4.69) is 38.7 Å². The van der Waals surface area contributed by atoms with Gasteiger partial charge < -0.3 is 93.2 Å². The number of anilines is 2. The predicted molar refractivity (Wildman–Crippen MR) is 447 cm³/mol. The van der Waals surface area contributed by atoms with Crippen molar-refractivity contribution in [2.45, 2.75) is 284 Å². The zero-order chi connectivity index (χ0) is 91.2. The van der Waals surface area contributed by atoms with Crippen molar-refractivity contribution in [2.75, 3.05) is 66.1 Å². The number of nitrogens with zero attached hydrogens (tertiary/aromatic N) is 9. The highest BCUT2D eigenvalue weighted by molar-refractivity contribution is 7.09. The third kappa shape index (κ3) is 25.1. The summed E-state index contributed by atoms with van der Waals surface area (Å²) in [7, 11) is 7.42. The number of oxime groups is 1. The summed E-state index contributed by atoms with van der Waals surface area (Å²) in [6.45, 7) is 27.7. The number of hydrogen-bond acceptors (Lipinski definition) is 39. The van der Waals surface area contributed by atoms with Crippen molar-refractivity contribution in [3.8, 4) is 21.1 Å². The number of aliphatic hydroxyl groups is 2. The number of carbonyl (C=O) groups is 9. The first-order chi connectivity index (χ1) is 57.7. The van der Waals surface area contributed by atoms with Crippen LogP contribution in [0.5, 0.6) is 0 Å². The van der Waals surface area contributed by atoms with Gasteiger partial charge in [0.15, 0.2) is 48.7 Å². The number of aromatic nitrogens is 6. The molecule has 37 nitrogen and oxygen atoms in total. The topological polar surface area (TPSA) is 498 Å². The predicted octanol–water partition coefficient (Wildman–Crippen LogP) is 6.61. The number of carbonyl (C=O) groups excluding carboxylic acids is 9. The number of pyridine rings is 2. The maximum absolute atomic E-state index is 14.5. The molecule has 0 saturated carbocycles. The molecule has 0 amide bonds. The second kappa shape index (κ2) is 43.6. The zero-order valence-corrected chi connectivity index (χ0v) is 76.1. The minimum atomic E-state index is -1.90. The Morgan fingerprint density at radius 2 is 0.959 bits per heavy atom. The van der Waals surface area contributed by atoms with Crippen molar-refractivity contribution in [3.63, 3.8) is 0 Å². The lowest BCUT2D eigenvalue weighted by Gasteiger charge is -2.48. The van der Waals surface area contributed by atoms with Crippen molar-refractivity contribution in [3.05, 3.63) is 48.0 Å². The van der Waals surface area contributed by atoms with E-state index in [-0.39, 0.29) is 99.0 Å². The molecule has 39 heteroatoms. The van der Waals surface area contributed by atoms with E-state index in [0.29, 0.717) is 30.2 Å². The number of likely N-dealkylation sites (N-methyl/N-ethyl adjacent to an activating group) is 2. The van der Waals surface area contributed by atoms with Crippen LogP contribution in [0, 0.1) is 47.3 Å². The standard InChI is InChI=1S/C42H62N6O12S.C34H55NO12.C8H9N5OS/c1-12-31-42(9,53)36-23(4)32(50)21(2)16-41(8,55-19-29(18-54-36)46-56-20-28-14-13-27(17-44-28)37-45-40(43)47-61-37)35(24(5)33(51)25(6)38(52)59-31)60-39-34(58-26(7)49)30(48(10)11)15-22(3)57-39;1-12-25-34(9,41)30-19(4)26(38)17(2)14-33(8,43-16-23(37)15-42-30)29(20(5)27(39)21(6)31(40)46-25)47-32-28(45-22(7)36)24(35(10)11)13-18(3)44-32;9-8-12-7(15-13-8)5-1-2-6(4-14-10)11-3-5/h13-14,17,21-25,30-31,34-36,39,53H,12,15-16,18-20H2,1-11H3,(H2,43,47);17-21,24-25,28-30,32,41H,12-16H2,1-11H3;1-3H,4,10H2,(H2,9,13)/t21-,22-,23+,24+,25-,30+,31-,34-,35-,36-,39+,41-,42-;17-,18-,19+,20+,21-,24+,25-,28-,29-,30-,32+,33-,34-;/m11./s1. The molecule has 123 heavy (non-hydrogen) atoms. The largest absolute Gasteiger partial charge is 0.459 e. The molecule has 10 heterocycles. The first kappa shape index (κ1) is 101. The third-order valence-electron chi connectivity index (χ3n) is 23.8. The Balaban J connectivity index is 0.000000266. The van der Waals surface area contributed by atoms with Crippen molar-refractivity contribution < 1.29 is 120 Å². The molecule has 0 unspecified atom stereocenters. The van der Waals surface area contributed by atoms with Crippen LogP contribution in [0.3, 0.4) is 0 Å². The number of nitrogens with two attached hydrogens (primary N) is 3. The van der Waals surface area contributed by atoms with Crippen molar-refractivity contribution in [2.24, 2.45) is 58.4 Å². The first-order valence-corrected chi connectivity index (χ1v) is 43.2. The number of ketones is 5. The van der Waals surface area contributed by atoms with Crippen LogP contribution in [0.2, 0.25) is 0 Å². The van der Waals surface area contributed by atoms with Gasteiger partial charge in [0.05, 0.1) is 84.5 Å². The van der Waals surface area contributed by atoms with Crippen molar-refractivity contribution >= 4 is 93.5 Å². The van der Waals surface area contributed by atoms with Crippen molar-refractivity contribution in [1.82, 2.24) is 38.5 Å². The highest BCUT2D eigenvalue weighted by Gasteiger charge is 2.57. The smallest absolute Gasteiger partial charge is 0.316 e. The molecule has 6 aliphatic heterocycles. The Morgan fingerprint density at radius 3 is 1.32 bits per heavy atom. The summed E-state index contributed by atoms with van der Waals surface area (Å²) in [6.07, 6.45) is -7.29. The Labute approximate surface area is 726 Å². The summed E-state index contributed by atoms with van der Waals surface area (Å²) >= 11 is 2.39. The molecule has 6 aliphatic rings. The van der Waals surface area contributed by atoms with Gasteiger partial charge in [0.1, 0.15) is 82.4 Å². The molecule has 6 fully saturated rings. The van der Waals surface area contributed by atoms with E-state index >= 15 is 0 Å². The maximum atomic E-state index is 14.5. The lowest BCUT2D eigenvalue weighted by Crippen LogP contribution is -2.60. The summed E-state index contributed by atoms with van der Waals surface area (Å²) in [5.74, 6) is -7.53. The highest BCUT2D eigenvalue weighted by atomic mass is 32.1. The fraction of sp³-hybridized carbons (Fsp3) is 0.714. The van der Waals surface area contributed by atoms with E-state index < -0.39 is 186 Å². The molecular weight excluding hydrogens is 1640 g/mol. The van der Waals surface area contributed by atoms with Gasteiger partial charge in [-0.2, -0.15) is 18.7 Å². The van der Waals surface area contributed by atoms with E-state index in [1.807, 2.05) is 70.0 Å². The number of rotatable bonds is 17. The number of nitrogen functional groups attached to an aromatic ring is 2. The van der Waals surface area contributed by atoms with E-state index in [9.17, 15) is 53.4 Å². The van der Waals surface area contributed by atoms with Gasteiger partial charge in [0, 0.05) is 72.9 Å². The molecule has 0 spiro atoms. The van der Waals surface area contributed by atoms with Gasteiger partial charge >= 0.3 is 23.9 Å². The summed E-state index contributed by atoms with van der Waals surface area (Å²) in [4.78, 5) is 154. The third-order valence-corrected chi connectivity index (χ3v) is 25.4. The number of esters is 4. The van der Waals surface area contributed by atoms with Gasteiger partial charge in [-0.3, -0.25) is 58.0 Å². The minimum absolute atomic E-state index is 0.00819. The van der Waals surface area contributed by atoms with E-state index in [1.165, 1.54) is 53.1 Å². The lowest BCUT2D eigenvalue weighted by atomic mass is 9.74. The van der Waals surface area contributed by atoms with Crippen LogP contribution in [0.4, 0.5) is 11.9 Å². The molecule has 4 aromatic rings. The number of ether oxygens (including phenoxy) is 12. The van der Waals surface area contributed by atoms with Gasteiger partial charge in [-0.05, 0) is 169 Å². The Hall–Kier alpha value is -7.84. The first-order valence-electron chi connectivity index (χ1n) is 41.6. The summed E-state index contributed by atoms with van der Waals surface area (Å²) < 4.78 is 82.8. The van der Waals surface area contributed by atoms with Crippen molar-refractivity contribution in [1.29, 1.82) is 0 Å². The zero-order valence-electron chi connectivity index (χ0n) is 74.5. The average molecular weight is 1770 g/mol. The van der Waals surface area contributed by atoms with Gasteiger partial charge in [-0.15, -0.1) is 0 Å². The molecule has 0 radical (unpaired) electrons. The van der Waals surface area contributed by atoms with Gasteiger partial charge in [0.25, 0.3) is 0 Å².